The predicted octanol–water partition coefficient (Wildman–Crippen LogP) is 3.95. The fraction of sp³-hybridized carbons (Fsp3) is 0.824. The highest BCUT2D eigenvalue weighted by molar-refractivity contribution is 5.11. The second-order valence-electron chi connectivity index (χ2n) is 7.08. The molecule has 116 valence electrons. The number of aryl methyl sites for hydroxylation is 2. The summed E-state index contributed by atoms with van der Waals surface area (Å²) in [6, 6.07) is 2.25. The molecule has 0 aliphatic heterocycles. The molecule has 1 heterocycles. The van der Waals surface area contributed by atoms with E-state index in [1.54, 1.807) is 0 Å². The van der Waals surface area contributed by atoms with Crippen LogP contribution in [0.4, 0.5) is 0 Å². The third-order valence-electron chi connectivity index (χ3n) is 4.33. The standard InChI is InChI=1S/C17H33N3/c1-8-17(9-2,13-18-16(5,6)7)12-15-11-14(4)19-20(15)10-3/h11,18H,8-10,12-13H2,1-7H3. The van der Waals surface area contributed by atoms with Gasteiger partial charge in [0.05, 0.1) is 5.69 Å². The Morgan fingerprint density at radius 1 is 1.15 bits per heavy atom. The van der Waals surface area contributed by atoms with Gasteiger partial charge in [-0.15, -0.1) is 0 Å². The average Bonchev–Trinajstić information content (AvgIpc) is 2.73. The van der Waals surface area contributed by atoms with E-state index in [1.807, 2.05) is 0 Å². The largest absolute Gasteiger partial charge is 0.312 e. The lowest BCUT2D eigenvalue weighted by molar-refractivity contribution is 0.215. The zero-order valence-corrected chi connectivity index (χ0v) is 14.5. The van der Waals surface area contributed by atoms with Crippen LogP contribution >= 0.6 is 0 Å². The van der Waals surface area contributed by atoms with Gasteiger partial charge in [-0.05, 0) is 65.4 Å². The Labute approximate surface area is 125 Å². The monoisotopic (exact) mass is 279 g/mol. The molecule has 1 N–H and O–H groups in total. The molecule has 3 nitrogen and oxygen atoms in total. The quantitative estimate of drug-likeness (QED) is 0.819. The summed E-state index contributed by atoms with van der Waals surface area (Å²) in [4.78, 5) is 0. The van der Waals surface area contributed by atoms with Gasteiger partial charge < -0.3 is 5.32 Å². The molecule has 0 fully saturated rings. The second-order valence-corrected chi connectivity index (χ2v) is 7.08. The van der Waals surface area contributed by atoms with Crippen LogP contribution in [-0.4, -0.2) is 21.9 Å². The number of nitrogens with zero attached hydrogens (tertiary/aromatic N) is 2. The highest BCUT2D eigenvalue weighted by atomic mass is 15.3. The summed E-state index contributed by atoms with van der Waals surface area (Å²) in [5, 5.41) is 8.29. The lowest BCUT2D eigenvalue weighted by Crippen LogP contribution is -2.44. The molecular formula is C17H33N3. The molecule has 0 bridgehead atoms. The molecule has 0 saturated heterocycles. The molecule has 20 heavy (non-hydrogen) atoms. The van der Waals surface area contributed by atoms with E-state index in [2.05, 4.69) is 69.6 Å². The van der Waals surface area contributed by atoms with Crippen molar-refractivity contribution < 1.29 is 0 Å². The maximum Gasteiger partial charge on any atom is 0.0596 e. The topological polar surface area (TPSA) is 29.9 Å². The van der Waals surface area contributed by atoms with Crippen LogP contribution < -0.4 is 5.32 Å². The number of rotatable bonds is 7. The van der Waals surface area contributed by atoms with Crippen molar-refractivity contribution in [3.05, 3.63) is 17.5 Å². The highest BCUT2D eigenvalue weighted by Crippen LogP contribution is 2.31. The van der Waals surface area contributed by atoms with Crippen LogP contribution in [0.25, 0.3) is 0 Å². The third-order valence-corrected chi connectivity index (χ3v) is 4.33. The molecule has 1 aromatic rings. The Morgan fingerprint density at radius 2 is 1.75 bits per heavy atom. The van der Waals surface area contributed by atoms with Crippen molar-refractivity contribution in [1.82, 2.24) is 15.1 Å². The minimum Gasteiger partial charge on any atom is -0.312 e. The smallest absolute Gasteiger partial charge is 0.0596 e. The van der Waals surface area contributed by atoms with Gasteiger partial charge >= 0.3 is 0 Å². The predicted molar refractivity (Wildman–Crippen MR) is 87.1 cm³/mol. The van der Waals surface area contributed by atoms with Crippen molar-refractivity contribution in [2.75, 3.05) is 6.54 Å². The molecule has 0 spiro atoms. The summed E-state index contributed by atoms with van der Waals surface area (Å²) in [5.41, 5.74) is 3.01. The number of hydrogen-bond donors (Lipinski definition) is 1. The first kappa shape index (κ1) is 17.2. The zero-order chi connectivity index (χ0) is 15.4. The summed E-state index contributed by atoms with van der Waals surface area (Å²) in [5.74, 6) is 0. The van der Waals surface area contributed by atoms with E-state index >= 15 is 0 Å². The van der Waals surface area contributed by atoms with Gasteiger partial charge in [0.1, 0.15) is 0 Å². The third kappa shape index (κ3) is 4.62. The lowest BCUT2D eigenvalue weighted by Gasteiger charge is -2.35. The van der Waals surface area contributed by atoms with Crippen LogP contribution in [0.2, 0.25) is 0 Å². The number of hydrogen-bond acceptors (Lipinski definition) is 2. The van der Waals surface area contributed by atoms with E-state index in [0.29, 0.717) is 5.41 Å². The minimum absolute atomic E-state index is 0.177. The Kier molecular flexibility index (Phi) is 5.81. The molecule has 0 aliphatic rings. The molecule has 0 atom stereocenters. The van der Waals surface area contributed by atoms with E-state index in [9.17, 15) is 0 Å². The van der Waals surface area contributed by atoms with Crippen LogP contribution in [0.15, 0.2) is 6.07 Å². The van der Waals surface area contributed by atoms with E-state index in [-0.39, 0.29) is 5.54 Å². The normalized spacial score (nSPS) is 12.9. The van der Waals surface area contributed by atoms with Gasteiger partial charge in [0.15, 0.2) is 0 Å². The SMILES string of the molecule is CCn1nc(C)cc1CC(CC)(CC)CNC(C)(C)C. The minimum atomic E-state index is 0.177. The van der Waals surface area contributed by atoms with Gasteiger partial charge in [-0.3, -0.25) is 4.68 Å². The van der Waals surface area contributed by atoms with Gasteiger partial charge in [0, 0.05) is 24.3 Å². The van der Waals surface area contributed by atoms with Crippen LogP contribution in [0.1, 0.15) is 65.8 Å². The summed E-state index contributed by atoms with van der Waals surface area (Å²) in [6.45, 7) is 17.6. The Bertz CT molecular complexity index is 408. The molecule has 0 saturated carbocycles. The number of aromatic nitrogens is 2. The molecule has 3 heteroatoms. The molecule has 0 aromatic carbocycles. The first-order valence-corrected chi connectivity index (χ1v) is 8.03. The van der Waals surface area contributed by atoms with Gasteiger partial charge in [-0.2, -0.15) is 5.10 Å². The fourth-order valence-electron chi connectivity index (χ4n) is 2.66. The molecule has 0 radical (unpaired) electrons. The van der Waals surface area contributed by atoms with Gasteiger partial charge in [-0.1, -0.05) is 13.8 Å². The Hall–Kier alpha value is -0.830. The van der Waals surface area contributed by atoms with Crippen molar-refractivity contribution in [3.8, 4) is 0 Å². The van der Waals surface area contributed by atoms with Gasteiger partial charge in [-0.25, -0.2) is 0 Å². The molecule has 0 unspecified atom stereocenters. The van der Waals surface area contributed by atoms with Gasteiger partial charge in [0.25, 0.3) is 0 Å². The summed E-state index contributed by atoms with van der Waals surface area (Å²) in [6.07, 6.45) is 3.50. The maximum atomic E-state index is 4.59. The van der Waals surface area contributed by atoms with Crippen LogP contribution in [0.5, 0.6) is 0 Å². The zero-order valence-electron chi connectivity index (χ0n) is 14.5. The van der Waals surface area contributed by atoms with E-state index < -0.39 is 0 Å². The van der Waals surface area contributed by atoms with Crippen LogP contribution in [0, 0.1) is 12.3 Å². The highest BCUT2D eigenvalue weighted by Gasteiger charge is 2.29. The van der Waals surface area contributed by atoms with E-state index in [0.717, 1.165) is 25.2 Å². The second kappa shape index (κ2) is 6.75. The lowest BCUT2D eigenvalue weighted by atomic mass is 9.77. The Balaban J connectivity index is 2.90. The fourth-order valence-corrected chi connectivity index (χ4v) is 2.66. The van der Waals surface area contributed by atoms with Crippen molar-refractivity contribution >= 4 is 0 Å². The molecular weight excluding hydrogens is 246 g/mol. The summed E-state index contributed by atoms with van der Waals surface area (Å²) in [7, 11) is 0. The van der Waals surface area contributed by atoms with Crippen LogP contribution in [0.3, 0.4) is 0 Å². The maximum absolute atomic E-state index is 4.59. The molecule has 1 rings (SSSR count). The van der Waals surface area contributed by atoms with Crippen LogP contribution in [-0.2, 0) is 13.0 Å². The van der Waals surface area contributed by atoms with E-state index in [1.165, 1.54) is 18.5 Å². The number of nitrogens with one attached hydrogen (secondary N) is 1. The van der Waals surface area contributed by atoms with Crippen molar-refractivity contribution in [2.45, 2.75) is 79.8 Å². The summed E-state index contributed by atoms with van der Waals surface area (Å²) < 4.78 is 2.16. The van der Waals surface area contributed by atoms with Crippen molar-refractivity contribution in [3.63, 3.8) is 0 Å². The first-order valence-electron chi connectivity index (χ1n) is 8.03. The van der Waals surface area contributed by atoms with Crippen molar-refractivity contribution in [2.24, 2.45) is 5.41 Å². The summed E-state index contributed by atoms with van der Waals surface area (Å²) >= 11 is 0. The van der Waals surface area contributed by atoms with E-state index in [4.69, 9.17) is 0 Å². The Morgan fingerprint density at radius 3 is 2.20 bits per heavy atom. The molecule has 0 amide bonds. The van der Waals surface area contributed by atoms with Crippen molar-refractivity contribution in [1.29, 1.82) is 0 Å². The molecule has 1 aromatic heterocycles. The average molecular weight is 279 g/mol. The van der Waals surface area contributed by atoms with Gasteiger partial charge in [0.2, 0.25) is 0 Å². The first-order chi connectivity index (χ1) is 9.25. The molecule has 0 aliphatic carbocycles.